The molecule has 0 heterocycles. The Labute approximate surface area is 200 Å². The Kier molecular flexibility index (Phi) is 13.3. The van der Waals surface area contributed by atoms with E-state index in [9.17, 15) is 18.0 Å². The summed E-state index contributed by atoms with van der Waals surface area (Å²) in [5.41, 5.74) is 2.13. The number of benzene rings is 1. The highest BCUT2D eigenvalue weighted by atomic mass is 19.4. The van der Waals surface area contributed by atoms with Crippen molar-refractivity contribution in [3.05, 3.63) is 83.6 Å². The quantitative estimate of drug-likeness (QED) is 0.209. The van der Waals surface area contributed by atoms with E-state index in [4.69, 9.17) is 0 Å². The van der Waals surface area contributed by atoms with Gasteiger partial charge in [-0.05, 0) is 54.9 Å². The molecule has 0 spiro atoms. The first-order valence-corrected chi connectivity index (χ1v) is 11.3. The van der Waals surface area contributed by atoms with Crippen molar-refractivity contribution in [2.75, 3.05) is 20.3 Å². The Balaban J connectivity index is 2.59. The lowest BCUT2D eigenvalue weighted by Gasteiger charge is -2.15. The van der Waals surface area contributed by atoms with Crippen molar-refractivity contribution in [1.29, 1.82) is 0 Å². The summed E-state index contributed by atoms with van der Waals surface area (Å²) in [6.07, 6.45) is 8.57. The molecule has 34 heavy (non-hydrogen) atoms. The lowest BCUT2D eigenvalue weighted by Crippen LogP contribution is -2.23. The number of nitrogens with zero attached hydrogens (tertiary/aromatic N) is 2. The SMILES string of the molecule is C=CN(C=NCNC(=O)C/C=C/C(CC)=C(\C=C/CC)CNC)Cc1cccc(C(F)(F)F)c1. The number of aliphatic imine (C=N–C) groups is 1. The molecule has 1 aromatic rings. The zero-order valence-corrected chi connectivity index (χ0v) is 20.2. The van der Waals surface area contributed by atoms with Crippen molar-refractivity contribution in [3.63, 3.8) is 0 Å². The summed E-state index contributed by atoms with van der Waals surface area (Å²) in [4.78, 5) is 17.8. The largest absolute Gasteiger partial charge is 0.416 e. The molecule has 0 fully saturated rings. The summed E-state index contributed by atoms with van der Waals surface area (Å²) in [5.74, 6) is -0.175. The molecule has 0 aliphatic heterocycles. The third-order valence-corrected chi connectivity index (χ3v) is 4.79. The van der Waals surface area contributed by atoms with Crippen molar-refractivity contribution >= 4 is 12.2 Å². The molecule has 5 nitrogen and oxygen atoms in total. The van der Waals surface area contributed by atoms with Crippen LogP contribution in [0.5, 0.6) is 0 Å². The van der Waals surface area contributed by atoms with Crippen LogP contribution in [0.2, 0.25) is 0 Å². The zero-order chi connectivity index (χ0) is 25.4. The Morgan fingerprint density at radius 1 is 1.18 bits per heavy atom. The minimum absolute atomic E-state index is 0.0559. The molecule has 0 saturated heterocycles. The number of alkyl halides is 3. The van der Waals surface area contributed by atoms with Crippen molar-refractivity contribution in [2.45, 2.75) is 45.8 Å². The van der Waals surface area contributed by atoms with Crippen LogP contribution in [0, 0.1) is 0 Å². The van der Waals surface area contributed by atoms with E-state index in [2.05, 4.69) is 48.2 Å². The van der Waals surface area contributed by atoms with Gasteiger partial charge in [-0.25, -0.2) is 0 Å². The zero-order valence-electron chi connectivity index (χ0n) is 20.2. The van der Waals surface area contributed by atoms with Gasteiger partial charge < -0.3 is 15.5 Å². The van der Waals surface area contributed by atoms with Crippen molar-refractivity contribution in [2.24, 2.45) is 4.99 Å². The van der Waals surface area contributed by atoms with Gasteiger partial charge in [-0.2, -0.15) is 13.2 Å². The standard InChI is InChI=1S/C26H35F3N4O/c1-5-8-12-23(17-30-4)22(6-2)13-10-15-25(34)32-19-31-20-33(7-3)18-21-11-9-14-24(16-21)26(27,28)29/h7-14,16,20,30H,3,5-6,15,17-19H2,1-2,4H3,(H,32,34)/b12-8-,13-10+,23-22+,31-20?. The molecule has 1 amide bonds. The molecular formula is C26H35F3N4O. The maximum Gasteiger partial charge on any atom is 0.416 e. The van der Waals surface area contributed by atoms with Gasteiger partial charge in [0.15, 0.2) is 0 Å². The molecule has 0 radical (unpaired) electrons. The van der Waals surface area contributed by atoms with Gasteiger partial charge in [-0.3, -0.25) is 9.79 Å². The number of carbonyl (C=O) groups excluding carboxylic acids is 1. The van der Waals surface area contributed by atoms with Crippen LogP contribution in [0.4, 0.5) is 13.2 Å². The summed E-state index contributed by atoms with van der Waals surface area (Å²) < 4.78 is 38.6. The van der Waals surface area contributed by atoms with E-state index in [0.29, 0.717) is 5.56 Å². The molecule has 8 heteroatoms. The molecule has 0 aliphatic rings. The summed E-state index contributed by atoms with van der Waals surface area (Å²) >= 11 is 0. The number of allylic oxidation sites excluding steroid dienone is 3. The number of likely N-dealkylation sites (N-methyl/N-ethyl adjacent to an activating group) is 1. The van der Waals surface area contributed by atoms with Crippen molar-refractivity contribution in [1.82, 2.24) is 15.5 Å². The van der Waals surface area contributed by atoms with Crippen LogP contribution in [0.25, 0.3) is 0 Å². The van der Waals surface area contributed by atoms with Crippen LogP contribution in [0.1, 0.15) is 44.2 Å². The van der Waals surface area contributed by atoms with E-state index in [0.717, 1.165) is 31.5 Å². The van der Waals surface area contributed by atoms with Crippen molar-refractivity contribution < 1.29 is 18.0 Å². The number of carbonyl (C=O) groups is 1. The Hall–Kier alpha value is -3.13. The summed E-state index contributed by atoms with van der Waals surface area (Å²) in [6.45, 7) is 8.81. The highest BCUT2D eigenvalue weighted by Crippen LogP contribution is 2.29. The first-order valence-electron chi connectivity index (χ1n) is 11.3. The van der Waals surface area contributed by atoms with Gasteiger partial charge in [0.25, 0.3) is 0 Å². The van der Waals surface area contributed by atoms with E-state index in [-0.39, 0.29) is 25.5 Å². The van der Waals surface area contributed by atoms with Gasteiger partial charge >= 0.3 is 6.18 Å². The topological polar surface area (TPSA) is 56.7 Å². The fourth-order valence-corrected chi connectivity index (χ4v) is 3.05. The summed E-state index contributed by atoms with van der Waals surface area (Å²) in [6, 6.07) is 5.10. The average molecular weight is 477 g/mol. The maximum atomic E-state index is 12.9. The van der Waals surface area contributed by atoms with Gasteiger partial charge in [0.2, 0.25) is 5.91 Å². The highest BCUT2D eigenvalue weighted by Gasteiger charge is 2.30. The fraction of sp³-hybridized carbons (Fsp3) is 0.385. The molecule has 0 unspecified atom stereocenters. The second-order valence-corrected chi connectivity index (χ2v) is 7.46. The minimum Gasteiger partial charge on any atom is -0.337 e. The summed E-state index contributed by atoms with van der Waals surface area (Å²) in [5, 5.41) is 5.86. The fourth-order valence-electron chi connectivity index (χ4n) is 3.05. The molecule has 0 aliphatic carbocycles. The van der Waals surface area contributed by atoms with Crippen molar-refractivity contribution in [3.8, 4) is 0 Å². The van der Waals surface area contributed by atoms with Crippen LogP contribution in [0.3, 0.4) is 0 Å². The first kappa shape index (κ1) is 28.9. The Morgan fingerprint density at radius 3 is 2.53 bits per heavy atom. The smallest absolute Gasteiger partial charge is 0.337 e. The van der Waals surface area contributed by atoms with Gasteiger partial charge in [-0.1, -0.05) is 56.9 Å². The van der Waals surface area contributed by atoms with E-state index < -0.39 is 11.7 Å². The van der Waals surface area contributed by atoms with Crippen LogP contribution in [-0.4, -0.2) is 37.4 Å². The number of nitrogens with one attached hydrogen (secondary N) is 2. The maximum absolute atomic E-state index is 12.9. The lowest BCUT2D eigenvalue weighted by molar-refractivity contribution is -0.137. The lowest BCUT2D eigenvalue weighted by atomic mass is 10.0. The molecule has 1 aromatic carbocycles. The molecule has 186 valence electrons. The summed E-state index contributed by atoms with van der Waals surface area (Å²) in [7, 11) is 1.90. The monoisotopic (exact) mass is 476 g/mol. The van der Waals surface area contributed by atoms with Crippen LogP contribution >= 0.6 is 0 Å². The number of halogens is 3. The normalized spacial score (nSPS) is 13.0. The van der Waals surface area contributed by atoms with Crippen LogP contribution in [0.15, 0.2) is 77.5 Å². The number of amides is 1. The number of hydrogen-bond donors (Lipinski definition) is 2. The molecule has 0 atom stereocenters. The molecule has 0 aromatic heterocycles. The van der Waals surface area contributed by atoms with E-state index in [1.807, 2.05) is 19.2 Å². The number of hydrogen-bond acceptors (Lipinski definition) is 3. The highest BCUT2D eigenvalue weighted by molar-refractivity contribution is 5.77. The second-order valence-electron chi connectivity index (χ2n) is 7.46. The van der Waals surface area contributed by atoms with E-state index in [1.165, 1.54) is 29.8 Å². The molecule has 2 N–H and O–H groups in total. The van der Waals surface area contributed by atoms with Gasteiger partial charge in [0.1, 0.15) is 6.67 Å². The molecule has 0 saturated carbocycles. The van der Waals surface area contributed by atoms with Gasteiger partial charge in [0, 0.05) is 19.5 Å². The predicted molar refractivity (Wildman–Crippen MR) is 133 cm³/mol. The third-order valence-electron chi connectivity index (χ3n) is 4.79. The first-order chi connectivity index (χ1) is 16.2. The predicted octanol–water partition coefficient (Wildman–Crippen LogP) is 5.59. The molecular weight excluding hydrogens is 441 g/mol. The molecule has 1 rings (SSSR count). The average Bonchev–Trinajstić information content (AvgIpc) is 2.81. The van der Waals surface area contributed by atoms with Gasteiger partial charge in [-0.15, -0.1) is 0 Å². The second kappa shape index (κ2) is 15.7. The van der Waals surface area contributed by atoms with Crippen LogP contribution < -0.4 is 10.6 Å². The number of rotatable bonds is 14. The van der Waals surface area contributed by atoms with Crippen LogP contribution in [-0.2, 0) is 17.5 Å². The molecule has 0 bridgehead atoms. The van der Waals surface area contributed by atoms with E-state index >= 15 is 0 Å². The van der Waals surface area contributed by atoms with Gasteiger partial charge in [0.05, 0.1) is 11.9 Å². The third kappa shape index (κ3) is 11.1. The van der Waals surface area contributed by atoms with E-state index in [1.54, 1.807) is 11.0 Å². The Bertz CT molecular complexity index is 902. The minimum atomic E-state index is -4.39. The Morgan fingerprint density at radius 2 is 1.91 bits per heavy atom.